The van der Waals surface area contributed by atoms with E-state index in [2.05, 4.69) is 6.58 Å². The molecule has 0 N–H and O–H groups in total. The zero-order valence-corrected chi connectivity index (χ0v) is 8.43. The van der Waals surface area contributed by atoms with Crippen LogP contribution in [0.4, 0.5) is 0 Å². The number of hydrogen-bond acceptors (Lipinski definition) is 2. The first-order valence-electron chi connectivity index (χ1n) is 4.37. The number of halogens is 1. The number of ketones is 2. The molecule has 0 aromatic rings. The molecule has 3 heteroatoms. The first kappa shape index (κ1) is 10.5. The maximum Gasteiger partial charge on any atom is 0.164 e. The van der Waals surface area contributed by atoms with Crippen LogP contribution in [0.2, 0.25) is 0 Å². The normalized spacial score (nSPS) is 34.8. The molecular formula is C10H13ClO2. The molecule has 0 aromatic carbocycles. The minimum absolute atomic E-state index is 0.136. The van der Waals surface area contributed by atoms with Crippen LogP contribution >= 0.6 is 11.6 Å². The van der Waals surface area contributed by atoms with Crippen molar-refractivity contribution in [3.63, 3.8) is 0 Å². The van der Waals surface area contributed by atoms with Crippen molar-refractivity contribution in [3.8, 4) is 0 Å². The lowest BCUT2D eigenvalue weighted by atomic mass is 9.78. The zero-order valence-electron chi connectivity index (χ0n) is 7.68. The van der Waals surface area contributed by atoms with Crippen molar-refractivity contribution in [2.45, 2.75) is 31.1 Å². The summed E-state index contributed by atoms with van der Waals surface area (Å²) in [6.07, 6.45) is 2.59. The van der Waals surface area contributed by atoms with E-state index < -0.39 is 4.87 Å². The monoisotopic (exact) mass is 200 g/mol. The van der Waals surface area contributed by atoms with Gasteiger partial charge in [0.15, 0.2) is 16.4 Å². The quantitative estimate of drug-likeness (QED) is 0.389. The summed E-state index contributed by atoms with van der Waals surface area (Å²) in [5, 5.41) is 0. The third kappa shape index (κ3) is 1.83. The molecule has 0 spiro atoms. The van der Waals surface area contributed by atoms with Crippen molar-refractivity contribution in [2.75, 3.05) is 0 Å². The number of carbonyl (C=O) groups excluding carboxylic acids is 2. The Kier molecular flexibility index (Phi) is 2.91. The van der Waals surface area contributed by atoms with E-state index in [4.69, 9.17) is 11.6 Å². The number of rotatable bonds is 2. The van der Waals surface area contributed by atoms with Gasteiger partial charge >= 0.3 is 0 Å². The fourth-order valence-corrected chi connectivity index (χ4v) is 1.87. The highest BCUT2D eigenvalue weighted by Crippen LogP contribution is 2.34. The van der Waals surface area contributed by atoms with Crippen LogP contribution in [0.3, 0.4) is 0 Å². The second-order valence-corrected chi connectivity index (χ2v) is 4.30. The molecule has 0 atom stereocenters. The fourth-order valence-electron chi connectivity index (χ4n) is 1.61. The first-order chi connectivity index (χ1) is 6.00. The van der Waals surface area contributed by atoms with Crippen molar-refractivity contribution >= 4 is 23.2 Å². The summed E-state index contributed by atoms with van der Waals surface area (Å²) in [7, 11) is 0. The van der Waals surface area contributed by atoms with Crippen LogP contribution in [-0.2, 0) is 9.59 Å². The number of carbonyl (C=O) groups is 2. The average Bonchev–Trinajstić information content (AvgIpc) is 2.01. The number of hydrogen-bond donors (Lipinski definition) is 0. The highest BCUT2D eigenvalue weighted by atomic mass is 35.5. The molecule has 1 aliphatic carbocycles. The lowest BCUT2D eigenvalue weighted by Gasteiger charge is -2.30. The molecule has 13 heavy (non-hydrogen) atoms. The van der Waals surface area contributed by atoms with E-state index in [-0.39, 0.29) is 23.9 Å². The summed E-state index contributed by atoms with van der Waals surface area (Å²) >= 11 is 5.97. The third-order valence-corrected chi connectivity index (χ3v) is 2.95. The van der Waals surface area contributed by atoms with Crippen molar-refractivity contribution < 1.29 is 9.59 Å². The molecule has 1 aliphatic rings. The predicted octanol–water partition coefficient (Wildman–Crippen LogP) is 2.11. The second-order valence-electron chi connectivity index (χ2n) is 3.65. The summed E-state index contributed by atoms with van der Waals surface area (Å²) in [5.41, 5.74) is 0. The van der Waals surface area contributed by atoms with Crippen LogP contribution < -0.4 is 0 Å². The van der Waals surface area contributed by atoms with Gasteiger partial charge in [0.05, 0.1) is 0 Å². The van der Waals surface area contributed by atoms with Crippen molar-refractivity contribution in [2.24, 2.45) is 5.92 Å². The SMILES string of the molecule is C=CCC1(Cl)C(=O)CC(C)CC1=O. The fraction of sp³-hybridized carbons (Fsp3) is 0.600. The molecule has 1 saturated carbocycles. The number of Topliss-reactive ketones (excluding diaryl/α,β-unsaturated/α-hetero) is 2. The maximum atomic E-state index is 11.5. The van der Waals surface area contributed by atoms with Gasteiger partial charge in [-0.05, 0) is 12.3 Å². The van der Waals surface area contributed by atoms with Gasteiger partial charge in [-0.3, -0.25) is 9.59 Å². The van der Waals surface area contributed by atoms with Gasteiger partial charge in [0.25, 0.3) is 0 Å². The molecule has 0 unspecified atom stereocenters. The molecule has 0 aliphatic heterocycles. The van der Waals surface area contributed by atoms with E-state index >= 15 is 0 Å². The van der Waals surface area contributed by atoms with E-state index in [1.165, 1.54) is 6.08 Å². The van der Waals surface area contributed by atoms with E-state index in [1.807, 2.05) is 6.92 Å². The minimum Gasteiger partial charge on any atom is -0.297 e. The van der Waals surface area contributed by atoms with Crippen LogP contribution in [0.1, 0.15) is 26.2 Å². The molecule has 2 nitrogen and oxygen atoms in total. The average molecular weight is 201 g/mol. The Hall–Kier alpha value is -0.630. The van der Waals surface area contributed by atoms with Gasteiger partial charge in [-0.15, -0.1) is 18.2 Å². The van der Waals surface area contributed by atoms with E-state index in [1.54, 1.807) is 0 Å². The summed E-state index contributed by atoms with van der Waals surface area (Å²) in [6, 6.07) is 0. The standard InChI is InChI=1S/C10H13ClO2/c1-3-4-10(11)8(12)5-7(2)6-9(10)13/h3,7H,1,4-6H2,2H3. The topological polar surface area (TPSA) is 34.1 Å². The van der Waals surface area contributed by atoms with Crippen LogP contribution in [0.15, 0.2) is 12.7 Å². The lowest BCUT2D eigenvalue weighted by molar-refractivity contribution is -0.135. The Morgan fingerprint density at radius 3 is 2.38 bits per heavy atom. The number of alkyl halides is 1. The van der Waals surface area contributed by atoms with Crippen molar-refractivity contribution in [3.05, 3.63) is 12.7 Å². The predicted molar refractivity (Wildman–Crippen MR) is 51.8 cm³/mol. The van der Waals surface area contributed by atoms with Crippen LogP contribution in [0.25, 0.3) is 0 Å². The smallest absolute Gasteiger partial charge is 0.164 e. The molecule has 72 valence electrons. The van der Waals surface area contributed by atoms with Gasteiger partial charge < -0.3 is 0 Å². The molecule has 0 bridgehead atoms. The minimum atomic E-state index is -1.30. The summed E-state index contributed by atoms with van der Waals surface area (Å²) in [6.45, 7) is 5.39. The van der Waals surface area contributed by atoms with Crippen molar-refractivity contribution in [1.29, 1.82) is 0 Å². The van der Waals surface area contributed by atoms with Crippen LogP contribution in [-0.4, -0.2) is 16.4 Å². The second kappa shape index (κ2) is 3.62. The molecule has 0 amide bonds. The highest BCUT2D eigenvalue weighted by Gasteiger charge is 2.46. The summed E-state index contributed by atoms with van der Waals surface area (Å²) < 4.78 is 0. The lowest BCUT2D eigenvalue weighted by Crippen LogP contribution is -2.46. The van der Waals surface area contributed by atoms with Gasteiger partial charge in [0.2, 0.25) is 0 Å². The van der Waals surface area contributed by atoms with Gasteiger partial charge in [-0.1, -0.05) is 13.0 Å². The zero-order chi connectivity index (χ0) is 10.1. The Morgan fingerprint density at radius 2 is 2.00 bits per heavy atom. The van der Waals surface area contributed by atoms with E-state index in [0.29, 0.717) is 12.8 Å². The largest absolute Gasteiger partial charge is 0.297 e. The Bertz CT molecular complexity index is 240. The third-order valence-electron chi connectivity index (χ3n) is 2.38. The summed E-state index contributed by atoms with van der Waals surface area (Å²) in [4.78, 5) is 21.8. The molecule has 1 rings (SSSR count). The Morgan fingerprint density at radius 1 is 1.54 bits per heavy atom. The molecule has 0 aromatic heterocycles. The molecular weight excluding hydrogens is 188 g/mol. The molecule has 0 saturated heterocycles. The molecule has 1 fully saturated rings. The van der Waals surface area contributed by atoms with Gasteiger partial charge in [0.1, 0.15) is 0 Å². The Balaban J connectivity index is 2.89. The maximum absolute atomic E-state index is 11.5. The molecule has 0 radical (unpaired) electrons. The first-order valence-corrected chi connectivity index (χ1v) is 4.75. The van der Waals surface area contributed by atoms with E-state index in [9.17, 15) is 9.59 Å². The van der Waals surface area contributed by atoms with E-state index in [0.717, 1.165) is 0 Å². The van der Waals surface area contributed by atoms with Crippen molar-refractivity contribution in [1.82, 2.24) is 0 Å². The van der Waals surface area contributed by atoms with Crippen LogP contribution in [0.5, 0.6) is 0 Å². The van der Waals surface area contributed by atoms with Crippen LogP contribution in [0, 0.1) is 5.92 Å². The summed E-state index contributed by atoms with van der Waals surface area (Å²) in [5.74, 6) is -0.174. The van der Waals surface area contributed by atoms with Gasteiger partial charge in [0, 0.05) is 12.8 Å². The van der Waals surface area contributed by atoms with Gasteiger partial charge in [-0.25, -0.2) is 0 Å². The van der Waals surface area contributed by atoms with Gasteiger partial charge in [-0.2, -0.15) is 0 Å². The highest BCUT2D eigenvalue weighted by molar-refractivity contribution is 6.47. The number of allylic oxidation sites excluding steroid dienone is 1. The molecule has 0 heterocycles. The Labute approximate surface area is 83.0 Å².